The van der Waals surface area contributed by atoms with Crippen LogP contribution in [0.3, 0.4) is 0 Å². The van der Waals surface area contributed by atoms with Gasteiger partial charge in [0.25, 0.3) is 0 Å². The molecule has 18 heavy (non-hydrogen) atoms. The fourth-order valence-electron chi connectivity index (χ4n) is 1.87. The molecule has 0 aromatic heterocycles. The molecule has 6 heteroatoms. The van der Waals surface area contributed by atoms with Crippen molar-refractivity contribution in [3.63, 3.8) is 0 Å². The van der Waals surface area contributed by atoms with E-state index in [2.05, 4.69) is 0 Å². The molecule has 0 aromatic carbocycles. The van der Waals surface area contributed by atoms with E-state index in [4.69, 9.17) is 19.3 Å². The van der Waals surface area contributed by atoms with Crippen LogP contribution in [0.1, 0.15) is 33.6 Å². The van der Waals surface area contributed by atoms with Gasteiger partial charge in [0, 0.05) is 6.42 Å². The molecule has 1 aliphatic heterocycles. The zero-order valence-electron chi connectivity index (χ0n) is 11.1. The first-order valence-electron chi connectivity index (χ1n) is 6.19. The Hall–Kier alpha value is -0.690. The third-order valence-corrected chi connectivity index (χ3v) is 2.65. The Balaban J connectivity index is 2.53. The molecule has 6 nitrogen and oxygen atoms in total. The summed E-state index contributed by atoms with van der Waals surface area (Å²) in [5, 5.41) is 18.6. The van der Waals surface area contributed by atoms with E-state index in [-0.39, 0.29) is 12.6 Å². The van der Waals surface area contributed by atoms with Crippen LogP contribution in [0.5, 0.6) is 0 Å². The van der Waals surface area contributed by atoms with Crippen LogP contribution >= 0.6 is 0 Å². The van der Waals surface area contributed by atoms with Crippen molar-refractivity contribution in [1.29, 1.82) is 0 Å². The lowest BCUT2D eigenvalue weighted by Gasteiger charge is -2.20. The van der Waals surface area contributed by atoms with Gasteiger partial charge in [-0.15, -0.1) is 0 Å². The van der Waals surface area contributed by atoms with Crippen molar-refractivity contribution in [2.45, 2.75) is 57.7 Å². The maximum absolute atomic E-state index is 11.3. The molecule has 1 aliphatic rings. The van der Waals surface area contributed by atoms with Gasteiger partial charge in [-0.25, -0.2) is 0 Å². The second-order valence-corrected chi connectivity index (χ2v) is 4.82. The fraction of sp³-hybridized carbons (Fsp3) is 0.917. The van der Waals surface area contributed by atoms with Crippen LogP contribution in [0.4, 0.5) is 0 Å². The number of carbonyl (C=O) groups is 1. The van der Waals surface area contributed by atoms with Gasteiger partial charge in [0.15, 0.2) is 5.79 Å². The first kappa shape index (κ1) is 15.4. The smallest absolute Gasteiger partial charge is 0.305 e. The summed E-state index contributed by atoms with van der Waals surface area (Å²) in [6.45, 7) is 4.89. The molecule has 1 rings (SSSR count). The molecule has 0 amide bonds. The SMILES string of the molecule is CCCC(=O)OC[C@H]1OC(C)(C)O[C@H]1[C@H](O)CO. The normalized spacial score (nSPS) is 28.1. The Labute approximate surface area is 107 Å². The van der Waals surface area contributed by atoms with E-state index in [1.807, 2.05) is 6.92 Å². The standard InChI is InChI=1S/C12H22O6/c1-4-5-10(15)16-7-9-11(8(14)6-13)18-12(2,3)17-9/h8-9,11,13-14H,4-7H2,1-3H3/t8-,9-,11+/m1/s1. The summed E-state index contributed by atoms with van der Waals surface area (Å²) < 4.78 is 16.1. The Bertz CT molecular complexity index is 278. The average molecular weight is 262 g/mol. The van der Waals surface area contributed by atoms with Crippen molar-refractivity contribution in [3.05, 3.63) is 0 Å². The van der Waals surface area contributed by atoms with E-state index in [9.17, 15) is 9.90 Å². The molecule has 0 unspecified atom stereocenters. The Kier molecular flexibility index (Phi) is 5.52. The molecule has 1 saturated heterocycles. The number of aliphatic hydroxyl groups excluding tert-OH is 2. The number of hydrogen-bond acceptors (Lipinski definition) is 6. The van der Waals surface area contributed by atoms with Crippen LogP contribution in [0.25, 0.3) is 0 Å². The number of aliphatic hydroxyl groups is 2. The van der Waals surface area contributed by atoms with Crippen LogP contribution < -0.4 is 0 Å². The summed E-state index contributed by atoms with van der Waals surface area (Å²) in [6, 6.07) is 0. The number of carbonyl (C=O) groups excluding carboxylic acids is 1. The molecular formula is C12H22O6. The minimum Gasteiger partial charge on any atom is -0.463 e. The average Bonchev–Trinajstić information content (AvgIpc) is 2.61. The van der Waals surface area contributed by atoms with Crippen LogP contribution in [0, 0.1) is 0 Å². The summed E-state index contributed by atoms with van der Waals surface area (Å²) in [5.74, 6) is -1.16. The lowest BCUT2D eigenvalue weighted by atomic mass is 10.1. The van der Waals surface area contributed by atoms with E-state index >= 15 is 0 Å². The molecule has 1 heterocycles. The first-order valence-corrected chi connectivity index (χ1v) is 6.19. The minimum absolute atomic E-state index is 0.0178. The first-order chi connectivity index (χ1) is 8.39. The summed E-state index contributed by atoms with van der Waals surface area (Å²) in [7, 11) is 0. The van der Waals surface area contributed by atoms with Crippen LogP contribution in [0.15, 0.2) is 0 Å². The summed E-state index contributed by atoms with van der Waals surface area (Å²) >= 11 is 0. The van der Waals surface area contributed by atoms with Crippen LogP contribution in [-0.2, 0) is 19.0 Å². The highest BCUT2D eigenvalue weighted by molar-refractivity contribution is 5.69. The zero-order valence-corrected chi connectivity index (χ0v) is 11.1. The second kappa shape index (κ2) is 6.47. The molecule has 1 fully saturated rings. The zero-order chi connectivity index (χ0) is 13.8. The number of ether oxygens (including phenoxy) is 3. The van der Waals surface area contributed by atoms with E-state index < -0.39 is 30.7 Å². The van der Waals surface area contributed by atoms with Crippen LogP contribution in [-0.4, -0.2) is 53.5 Å². The topological polar surface area (TPSA) is 85.2 Å². The van der Waals surface area contributed by atoms with E-state index in [0.29, 0.717) is 6.42 Å². The van der Waals surface area contributed by atoms with Gasteiger partial charge in [-0.2, -0.15) is 0 Å². The number of hydrogen-bond donors (Lipinski definition) is 2. The molecule has 0 saturated carbocycles. The molecule has 0 bridgehead atoms. The van der Waals surface area contributed by atoms with Gasteiger partial charge in [0.1, 0.15) is 24.9 Å². The van der Waals surface area contributed by atoms with Crippen molar-refractivity contribution in [3.8, 4) is 0 Å². The van der Waals surface area contributed by atoms with Gasteiger partial charge in [-0.3, -0.25) is 4.79 Å². The monoisotopic (exact) mass is 262 g/mol. The van der Waals surface area contributed by atoms with Gasteiger partial charge in [-0.05, 0) is 20.3 Å². The molecule has 0 spiro atoms. The van der Waals surface area contributed by atoms with E-state index in [1.54, 1.807) is 13.8 Å². The van der Waals surface area contributed by atoms with Crippen molar-refractivity contribution in [1.82, 2.24) is 0 Å². The maximum Gasteiger partial charge on any atom is 0.305 e. The van der Waals surface area contributed by atoms with Gasteiger partial charge >= 0.3 is 5.97 Å². The summed E-state index contributed by atoms with van der Waals surface area (Å²) in [6.07, 6.45) is -1.25. The maximum atomic E-state index is 11.3. The van der Waals surface area contributed by atoms with Gasteiger partial charge in [0.2, 0.25) is 0 Å². The number of rotatable bonds is 6. The second-order valence-electron chi connectivity index (χ2n) is 4.82. The largest absolute Gasteiger partial charge is 0.463 e. The van der Waals surface area contributed by atoms with Crippen molar-refractivity contribution >= 4 is 5.97 Å². The lowest BCUT2D eigenvalue weighted by Crippen LogP contribution is -2.40. The van der Waals surface area contributed by atoms with Gasteiger partial charge < -0.3 is 24.4 Å². The fourth-order valence-corrected chi connectivity index (χ4v) is 1.87. The van der Waals surface area contributed by atoms with E-state index in [0.717, 1.165) is 6.42 Å². The van der Waals surface area contributed by atoms with E-state index in [1.165, 1.54) is 0 Å². The lowest BCUT2D eigenvalue weighted by molar-refractivity contribution is -0.163. The molecule has 2 N–H and O–H groups in total. The third-order valence-electron chi connectivity index (χ3n) is 2.65. The molecule has 0 aromatic rings. The minimum atomic E-state index is -1.05. The Morgan fingerprint density at radius 1 is 1.44 bits per heavy atom. The Morgan fingerprint density at radius 3 is 2.67 bits per heavy atom. The van der Waals surface area contributed by atoms with Crippen LogP contribution in [0.2, 0.25) is 0 Å². The third kappa shape index (κ3) is 4.20. The molecule has 0 aliphatic carbocycles. The summed E-state index contributed by atoms with van der Waals surface area (Å²) in [5.41, 5.74) is 0. The van der Waals surface area contributed by atoms with Crippen molar-refractivity contribution < 1.29 is 29.2 Å². The van der Waals surface area contributed by atoms with Gasteiger partial charge in [0.05, 0.1) is 6.61 Å². The van der Waals surface area contributed by atoms with Crippen molar-refractivity contribution in [2.75, 3.05) is 13.2 Å². The molecule has 106 valence electrons. The predicted octanol–water partition coefficient (Wildman–Crippen LogP) is 0.203. The number of esters is 1. The molecule has 3 atom stereocenters. The predicted molar refractivity (Wildman–Crippen MR) is 62.8 cm³/mol. The Morgan fingerprint density at radius 2 is 2.11 bits per heavy atom. The molecular weight excluding hydrogens is 240 g/mol. The van der Waals surface area contributed by atoms with Crippen molar-refractivity contribution in [2.24, 2.45) is 0 Å². The highest BCUT2D eigenvalue weighted by atomic mass is 16.8. The quantitative estimate of drug-likeness (QED) is 0.665. The molecule has 0 radical (unpaired) electrons. The highest BCUT2D eigenvalue weighted by Crippen LogP contribution is 2.30. The highest BCUT2D eigenvalue weighted by Gasteiger charge is 2.45. The van der Waals surface area contributed by atoms with Gasteiger partial charge in [-0.1, -0.05) is 6.92 Å². The summed E-state index contributed by atoms with van der Waals surface area (Å²) in [4.78, 5) is 11.3.